The Balaban J connectivity index is 1.52. The summed E-state index contributed by atoms with van der Waals surface area (Å²) < 4.78 is 10.8. The molecule has 0 aliphatic rings. The summed E-state index contributed by atoms with van der Waals surface area (Å²) in [5.74, 6) is 0.209. The molecule has 0 aliphatic carbocycles. The molecule has 3 aromatic rings. The Bertz CT molecular complexity index is 929. The number of aromatic nitrogens is 1. The van der Waals surface area contributed by atoms with E-state index in [2.05, 4.69) is 15.6 Å². The van der Waals surface area contributed by atoms with Crippen molar-refractivity contribution in [3.8, 4) is 11.5 Å². The number of nitrogens with one attached hydrogen (secondary N) is 2. The minimum Gasteiger partial charge on any atom is -0.484 e. The molecule has 2 aromatic carbocycles. The molecule has 1 aromatic heterocycles. The number of anilines is 2. The summed E-state index contributed by atoms with van der Waals surface area (Å²) in [6, 6.07) is 14.9. The van der Waals surface area contributed by atoms with Gasteiger partial charge in [-0.3, -0.25) is 14.6 Å². The molecule has 0 unspecified atom stereocenters. The number of hydrogen-bond donors (Lipinski definition) is 2. The van der Waals surface area contributed by atoms with E-state index in [0.717, 1.165) is 0 Å². The van der Waals surface area contributed by atoms with Crippen molar-refractivity contribution < 1.29 is 19.1 Å². The zero-order valence-electron chi connectivity index (χ0n) is 15.6. The van der Waals surface area contributed by atoms with Crippen molar-refractivity contribution in [1.82, 2.24) is 4.98 Å². The third-order valence-corrected chi connectivity index (χ3v) is 4.24. The fourth-order valence-electron chi connectivity index (χ4n) is 2.34. The van der Waals surface area contributed by atoms with E-state index in [1.807, 2.05) is 0 Å². The number of benzene rings is 2. The van der Waals surface area contributed by atoms with Gasteiger partial charge in [-0.1, -0.05) is 23.2 Å². The molecule has 0 bridgehead atoms. The van der Waals surface area contributed by atoms with Gasteiger partial charge in [-0.2, -0.15) is 0 Å². The Kier molecular flexibility index (Phi) is 7.48. The maximum Gasteiger partial charge on any atom is 0.262 e. The van der Waals surface area contributed by atoms with Crippen LogP contribution in [0.4, 0.5) is 11.4 Å². The minimum absolute atomic E-state index is 0.211. The quantitative estimate of drug-likeness (QED) is 0.535. The Hall–Kier alpha value is -3.29. The fraction of sp³-hybridized carbons (Fsp3) is 0.0952. The summed E-state index contributed by atoms with van der Waals surface area (Å²) >= 11 is 11.6. The first kappa shape index (κ1) is 21.4. The Morgan fingerprint density at radius 2 is 1.20 bits per heavy atom. The SMILES string of the molecule is O=C(COc1ccc(Cl)cc1)Nc1ccncc1NC(=O)COc1ccc(Cl)cc1. The van der Waals surface area contributed by atoms with Gasteiger partial charge in [0.25, 0.3) is 11.8 Å². The number of nitrogens with zero attached hydrogens (tertiary/aromatic N) is 1. The van der Waals surface area contributed by atoms with Crippen molar-refractivity contribution in [2.24, 2.45) is 0 Å². The fourth-order valence-corrected chi connectivity index (χ4v) is 2.59. The molecule has 0 saturated heterocycles. The van der Waals surface area contributed by atoms with E-state index >= 15 is 0 Å². The molecule has 3 rings (SSSR count). The van der Waals surface area contributed by atoms with E-state index in [1.54, 1.807) is 54.6 Å². The Morgan fingerprint density at radius 3 is 1.70 bits per heavy atom. The van der Waals surface area contributed by atoms with Gasteiger partial charge < -0.3 is 20.1 Å². The van der Waals surface area contributed by atoms with Crippen molar-refractivity contribution in [2.45, 2.75) is 0 Å². The van der Waals surface area contributed by atoms with E-state index in [1.165, 1.54) is 12.4 Å². The van der Waals surface area contributed by atoms with Gasteiger partial charge >= 0.3 is 0 Å². The zero-order valence-corrected chi connectivity index (χ0v) is 17.1. The highest BCUT2D eigenvalue weighted by molar-refractivity contribution is 6.30. The molecule has 0 spiro atoms. The third-order valence-electron chi connectivity index (χ3n) is 3.74. The second-order valence-electron chi connectivity index (χ2n) is 6.00. The highest BCUT2D eigenvalue weighted by atomic mass is 35.5. The number of ether oxygens (including phenoxy) is 2. The number of hydrogen-bond acceptors (Lipinski definition) is 5. The number of halogens is 2. The number of carbonyl (C=O) groups is 2. The number of carbonyl (C=O) groups excluding carboxylic acids is 2. The molecule has 0 radical (unpaired) electrons. The molecule has 0 aliphatic heterocycles. The predicted molar refractivity (Wildman–Crippen MR) is 115 cm³/mol. The maximum absolute atomic E-state index is 12.2. The largest absolute Gasteiger partial charge is 0.484 e. The van der Waals surface area contributed by atoms with Crippen molar-refractivity contribution in [2.75, 3.05) is 23.8 Å². The van der Waals surface area contributed by atoms with Crippen LogP contribution in [0.5, 0.6) is 11.5 Å². The zero-order chi connectivity index (χ0) is 21.3. The van der Waals surface area contributed by atoms with Gasteiger partial charge in [0.2, 0.25) is 0 Å². The van der Waals surface area contributed by atoms with Crippen LogP contribution < -0.4 is 20.1 Å². The molecule has 2 amide bonds. The normalized spacial score (nSPS) is 10.2. The Labute approximate surface area is 182 Å². The van der Waals surface area contributed by atoms with Gasteiger partial charge in [0.15, 0.2) is 13.2 Å². The summed E-state index contributed by atoms with van der Waals surface area (Å²) in [6.07, 6.45) is 2.92. The monoisotopic (exact) mass is 445 g/mol. The smallest absolute Gasteiger partial charge is 0.262 e. The predicted octanol–water partition coefficient (Wildman–Crippen LogP) is 4.42. The van der Waals surface area contributed by atoms with Crippen LogP contribution >= 0.6 is 23.2 Å². The molecule has 30 heavy (non-hydrogen) atoms. The van der Waals surface area contributed by atoms with Crippen molar-refractivity contribution in [3.05, 3.63) is 77.0 Å². The molecule has 0 fully saturated rings. The van der Waals surface area contributed by atoms with E-state index < -0.39 is 11.8 Å². The molecular formula is C21H17Cl2N3O4. The standard InChI is InChI=1S/C21H17Cl2N3O4/c22-14-1-5-16(6-2-14)29-12-20(27)25-18-9-10-24-11-19(18)26-21(28)13-30-17-7-3-15(23)4-8-17/h1-11H,12-13H2,(H,26,28)(H,24,25,27). The van der Waals surface area contributed by atoms with Gasteiger partial charge in [-0.05, 0) is 54.6 Å². The lowest BCUT2D eigenvalue weighted by Crippen LogP contribution is -2.23. The molecule has 154 valence electrons. The molecule has 2 N–H and O–H groups in total. The summed E-state index contributed by atoms with van der Waals surface area (Å²) in [5.41, 5.74) is 0.719. The van der Waals surface area contributed by atoms with Crippen LogP contribution in [0.25, 0.3) is 0 Å². The Morgan fingerprint density at radius 1 is 0.733 bits per heavy atom. The van der Waals surface area contributed by atoms with Crippen molar-refractivity contribution >= 4 is 46.4 Å². The van der Waals surface area contributed by atoms with Gasteiger partial charge in [0.1, 0.15) is 11.5 Å². The number of pyridine rings is 1. The van der Waals surface area contributed by atoms with Crippen LogP contribution in [0.3, 0.4) is 0 Å². The average molecular weight is 446 g/mol. The van der Waals surface area contributed by atoms with Crippen molar-refractivity contribution in [3.63, 3.8) is 0 Å². The average Bonchev–Trinajstić information content (AvgIpc) is 2.74. The molecule has 1 heterocycles. The number of rotatable bonds is 8. The summed E-state index contributed by atoms with van der Waals surface area (Å²) in [4.78, 5) is 28.4. The first-order valence-electron chi connectivity index (χ1n) is 8.80. The van der Waals surface area contributed by atoms with E-state index in [-0.39, 0.29) is 13.2 Å². The summed E-state index contributed by atoms with van der Waals surface area (Å²) in [5, 5.41) is 6.48. The van der Waals surface area contributed by atoms with Crippen LogP contribution in [0.15, 0.2) is 67.0 Å². The molecular weight excluding hydrogens is 429 g/mol. The van der Waals surface area contributed by atoms with E-state index in [0.29, 0.717) is 32.9 Å². The molecule has 9 heteroatoms. The first-order valence-corrected chi connectivity index (χ1v) is 9.55. The van der Waals surface area contributed by atoms with E-state index in [9.17, 15) is 9.59 Å². The highest BCUT2D eigenvalue weighted by Gasteiger charge is 2.11. The first-order chi connectivity index (χ1) is 14.5. The van der Waals surface area contributed by atoms with Crippen LogP contribution in [0.1, 0.15) is 0 Å². The second kappa shape index (κ2) is 10.5. The van der Waals surface area contributed by atoms with E-state index in [4.69, 9.17) is 32.7 Å². The van der Waals surface area contributed by atoms with Crippen LogP contribution in [-0.4, -0.2) is 30.0 Å². The third kappa shape index (κ3) is 6.65. The van der Waals surface area contributed by atoms with Crippen molar-refractivity contribution in [1.29, 1.82) is 0 Å². The van der Waals surface area contributed by atoms with Gasteiger partial charge in [-0.25, -0.2) is 0 Å². The number of amides is 2. The van der Waals surface area contributed by atoms with Crippen LogP contribution in [0.2, 0.25) is 10.0 Å². The van der Waals surface area contributed by atoms with Crippen LogP contribution in [-0.2, 0) is 9.59 Å². The lowest BCUT2D eigenvalue weighted by atomic mass is 10.3. The molecule has 0 atom stereocenters. The maximum atomic E-state index is 12.2. The topological polar surface area (TPSA) is 89.5 Å². The lowest BCUT2D eigenvalue weighted by molar-refractivity contribution is -0.119. The second-order valence-corrected chi connectivity index (χ2v) is 6.88. The summed E-state index contributed by atoms with van der Waals surface area (Å²) in [6.45, 7) is -0.430. The lowest BCUT2D eigenvalue weighted by Gasteiger charge is -2.13. The summed E-state index contributed by atoms with van der Waals surface area (Å²) in [7, 11) is 0. The van der Waals surface area contributed by atoms with Gasteiger partial charge in [0, 0.05) is 16.2 Å². The highest BCUT2D eigenvalue weighted by Crippen LogP contribution is 2.21. The van der Waals surface area contributed by atoms with Crippen LogP contribution in [0, 0.1) is 0 Å². The van der Waals surface area contributed by atoms with Gasteiger partial charge in [-0.15, -0.1) is 0 Å². The minimum atomic E-state index is -0.411. The molecule has 7 nitrogen and oxygen atoms in total. The molecule has 0 saturated carbocycles. The van der Waals surface area contributed by atoms with Gasteiger partial charge in [0.05, 0.1) is 17.6 Å².